The molecular formula is C14H14BrNO2. The van der Waals surface area contributed by atoms with Gasteiger partial charge < -0.3 is 0 Å². The SMILES string of the molecule is Cc1ccc2c(n1)C(=O)C(Br)=C(CC(C)C)C2=O. The molecule has 1 aromatic heterocycles. The van der Waals surface area contributed by atoms with Gasteiger partial charge in [0, 0.05) is 11.3 Å². The van der Waals surface area contributed by atoms with Crippen molar-refractivity contribution < 1.29 is 9.59 Å². The minimum absolute atomic E-state index is 0.0855. The maximum Gasteiger partial charge on any atom is 0.219 e. The van der Waals surface area contributed by atoms with E-state index in [1.807, 2.05) is 13.8 Å². The quantitative estimate of drug-likeness (QED) is 0.840. The van der Waals surface area contributed by atoms with Crippen molar-refractivity contribution in [2.24, 2.45) is 5.92 Å². The number of hydrogen-bond donors (Lipinski definition) is 0. The highest BCUT2D eigenvalue weighted by molar-refractivity contribution is 9.12. The number of nitrogens with zero attached hydrogens (tertiary/aromatic N) is 1. The summed E-state index contributed by atoms with van der Waals surface area (Å²) in [5, 5.41) is 0. The molecule has 0 unspecified atom stereocenters. The molecule has 0 aliphatic heterocycles. The van der Waals surface area contributed by atoms with Crippen molar-refractivity contribution in [2.45, 2.75) is 27.2 Å². The van der Waals surface area contributed by atoms with Crippen LogP contribution in [0.3, 0.4) is 0 Å². The lowest BCUT2D eigenvalue weighted by Crippen LogP contribution is -2.22. The van der Waals surface area contributed by atoms with Crippen LogP contribution in [0, 0.1) is 12.8 Å². The Kier molecular flexibility index (Phi) is 3.48. The van der Waals surface area contributed by atoms with Gasteiger partial charge in [0.15, 0.2) is 5.78 Å². The van der Waals surface area contributed by atoms with Crippen LogP contribution in [0.25, 0.3) is 0 Å². The van der Waals surface area contributed by atoms with E-state index in [4.69, 9.17) is 0 Å². The minimum atomic E-state index is -0.191. The smallest absolute Gasteiger partial charge is 0.219 e. The zero-order valence-corrected chi connectivity index (χ0v) is 12.2. The minimum Gasteiger partial charge on any atom is -0.289 e. The van der Waals surface area contributed by atoms with Crippen molar-refractivity contribution in [1.29, 1.82) is 0 Å². The van der Waals surface area contributed by atoms with Gasteiger partial charge in [-0.3, -0.25) is 9.59 Å². The number of allylic oxidation sites excluding steroid dienone is 2. The summed E-state index contributed by atoms with van der Waals surface area (Å²) < 4.78 is 0.367. The fourth-order valence-electron chi connectivity index (χ4n) is 2.01. The van der Waals surface area contributed by atoms with Gasteiger partial charge in [0.05, 0.1) is 10.0 Å². The Morgan fingerprint density at radius 3 is 2.50 bits per heavy atom. The zero-order valence-electron chi connectivity index (χ0n) is 10.6. The number of fused-ring (bicyclic) bond motifs is 1. The molecule has 2 rings (SSSR count). The van der Waals surface area contributed by atoms with Crippen LogP contribution in [-0.2, 0) is 0 Å². The lowest BCUT2D eigenvalue weighted by Gasteiger charge is -2.18. The summed E-state index contributed by atoms with van der Waals surface area (Å²) in [6.07, 6.45) is 0.596. The molecule has 0 radical (unpaired) electrons. The lowest BCUT2D eigenvalue weighted by molar-refractivity contribution is 0.0974. The first-order chi connectivity index (χ1) is 8.41. The van der Waals surface area contributed by atoms with E-state index in [-0.39, 0.29) is 17.3 Å². The van der Waals surface area contributed by atoms with E-state index in [0.29, 0.717) is 28.0 Å². The first-order valence-electron chi connectivity index (χ1n) is 5.87. The van der Waals surface area contributed by atoms with E-state index in [0.717, 1.165) is 5.69 Å². The highest BCUT2D eigenvalue weighted by Gasteiger charge is 2.32. The van der Waals surface area contributed by atoms with Gasteiger partial charge in [-0.2, -0.15) is 0 Å². The second kappa shape index (κ2) is 4.76. The molecule has 0 aromatic carbocycles. The lowest BCUT2D eigenvalue weighted by atomic mass is 9.88. The molecule has 94 valence electrons. The van der Waals surface area contributed by atoms with Crippen molar-refractivity contribution in [3.63, 3.8) is 0 Å². The molecule has 1 aliphatic rings. The molecule has 0 N–H and O–H groups in total. The van der Waals surface area contributed by atoms with Crippen molar-refractivity contribution in [2.75, 3.05) is 0 Å². The third-order valence-electron chi connectivity index (χ3n) is 2.84. The molecule has 3 nitrogen and oxygen atoms in total. The Balaban J connectivity index is 2.56. The predicted octanol–water partition coefficient (Wildman–Crippen LogP) is 3.46. The Morgan fingerprint density at radius 2 is 1.89 bits per heavy atom. The molecule has 0 bridgehead atoms. The molecule has 0 amide bonds. The summed E-state index contributed by atoms with van der Waals surface area (Å²) >= 11 is 3.25. The van der Waals surface area contributed by atoms with Crippen LogP contribution in [0.5, 0.6) is 0 Å². The van der Waals surface area contributed by atoms with Crippen LogP contribution in [0.4, 0.5) is 0 Å². The number of Topliss-reactive ketones (excluding diaryl/α,β-unsaturated/α-hetero) is 2. The van der Waals surface area contributed by atoms with E-state index in [1.165, 1.54) is 0 Å². The number of rotatable bonds is 2. The molecule has 0 saturated heterocycles. The van der Waals surface area contributed by atoms with Crippen LogP contribution >= 0.6 is 15.9 Å². The van der Waals surface area contributed by atoms with Crippen molar-refractivity contribution in [3.8, 4) is 0 Å². The summed E-state index contributed by atoms with van der Waals surface area (Å²) in [6.45, 7) is 5.85. The summed E-state index contributed by atoms with van der Waals surface area (Å²) in [5.74, 6) is 0.0471. The van der Waals surface area contributed by atoms with E-state index < -0.39 is 0 Å². The molecule has 0 atom stereocenters. The highest BCUT2D eigenvalue weighted by Crippen LogP contribution is 2.32. The Morgan fingerprint density at radius 1 is 1.22 bits per heavy atom. The number of carbonyl (C=O) groups is 2. The summed E-state index contributed by atoms with van der Waals surface area (Å²) in [4.78, 5) is 28.7. The fraction of sp³-hybridized carbons (Fsp3) is 0.357. The summed E-state index contributed by atoms with van der Waals surface area (Å²) in [6, 6.07) is 3.45. The average molecular weight is 308 g/mol. The van der Waals surface area contributed by atoms with E-state index in [2.05, 4.69) is 20.9 Å². The third-order valence-corrected chi connectivity index (χ3v) is 3.68. The van der Waals surface area contributed by atoms with Crippen LogP contribution in [0.15, 0.2) is 22.2 Å². The van der Waals surface area contributed by atoms with Gasteiger partial charge in [0.1, 0.15) is 5.69 Å². The number of carbonyl (C=O) groups excluding carboxylic acids is 2. The topological polar surface area (TPSA) is 47.0 Å². The monoisotopic (exact) mass is 307 g/mol. The van der Waals surface area contributed by atoms with Gasteiger partial charge >= 0.3 is 0 Å². The number of aromatic nitrogens is 1. The summed E-state index contributed by atoms with van der Waals surface area (Å²) in [7, 11) is 0. The maximum atomic E-state index is 12.3. The molecule has 1 aliphatic carbocycles. The van der Waals surface area contributed by atoms with Crippen LogP contribution < -0.4 is 0 Å². The fourth-order valence-corrected chi connectivity index (χ4v) is 2.54. The van der Waals surface area contributed by atoms with E-state index >= 15 is 0 Å². The second-order valence-corrected chi connectivity index (χ2v) is 5.69. The Hall–Kier alpha value is -1.29. The molecule has 4 heteroatoms. The zero-order chi connectivity index (χ0) is 13.4. The number of halogens is 1. The van der Waals surface area contributed by atoms with Crippen LogP contribution in [0.2, 0.25) is 0 Å². The predicted molar refractivity (Wildman–Crippen MR) is 73.0 cm³/mol. The van der Waals surface area contributed by atoms with Gasteiger partial charge in [-0.05, 0) is 47.3 Å². The van der Waals surface area contributed by atoms with Gasteiger partial charge in [-0.15, -0.1) is 0 Å². The van der Waals surface area contributed by atoms with E-state index in [9.17, 15) is 9.59 Å². The first-order valence-corrected chi connectivity index (χ1v) is 6.66. The Labute approximate surface area is 114 Å². The number of hydrogen-bond acceptors (Lipinski definition) is 3. The number of pyridine rings is 1. The first kappa shape index (κ1) is 13.1. The van der Waals surface area contributed by atoms with E-state index in [1.54, 1.807) is 19.1 Å². The average Bonchev–Trinajstić information content (AvgIpc) is 2.31. The van der Waals surface area contributed by atoms with Gasteiger partial charge in [0.25, 0.3) is 0 Å². The van der Waals surface area contributed by atoms with Crippen molar-refractivity contribution in [1.82, 2.24) is 4.98 Å². The normalized spacial score (nSPS) is 15.4. The van der Waals surface area contributed by atoms with Crippen molar-refractivity contribution >= 4 is 27.5 Å². The number of ketones is 2. The molecule has 0 spiro atoms. The summed E-state index contributed by atoms with van der Waals surface area (Å²) in [5.41, 5.74) is 1.99. The standard InChI is InChI=1S/C14H14BrNO2/c1-7(2)6-10-11(15)14(18)12-9(13(10)17)5-4-8(3)16-12/h4-5,7H,6H2,1-3H3. The molecule has 0 saturated carbocycles. The highest BCUT2D eigenvalue weighted by atomic mass is 79.9. The second-order valence-electron chi connectivity index (χ2n) is 4.90. The largest absolute Gasteiger partial charge is 0.289 e. The Bertz CT molecular complexity index is 573. The third kappa shape index (κ3) is 2.17. The van der Waals surface area contributed by atoms with Gasteiger partial charge in [-0.25, -0.2) is 4.98 Å². The number of aryl methyl sites for hydroxylation is 1. The van der Waals surface area contributed by atoms with Crippen LogP contribution in [-0.4, -0.2) is 16.6 Å². The van der Waals surface area contributed by atoms with Crippen molar-refractivity contribution in [3.05, 3.63) is 39.1 Å². The molecule has 18 heavy (non-hydrogen) atoms. The van der Waals surface area contributed by atoms with Gasteiger partial charge in [-0.1, -0.05) is 13.8 Å². The molecular weight excluding hydrogens is 294 g/mol. The van der Waals surface area contributed by atoms with Crippen LogP contribution in [0.1, 0.15) is 46.8 Å². The maximum absolute atomic E-state index is 12.3. The molecule has 0 fully saturated rings. The molecule has 1 aromatic rings. The van der Waals surface area contributed by atoms with Gasteiger partial charge in [0.2, 0.25) is 5.78 Å². The molecule has 1 heterocycles.